The molecule has 0 fully saturated rings. The van der Waals surface area contributed by atoms with E-state index in [-0.39, 0.29) is 36.2 Å². The van der Waals surface area contributed by atoms with Gasteiger partial charge in [-0.15, -0.1) is 0 Å². The van der Waals surface area contributed by atoms with E-state index >= 15 is 0 Å². The third kappa shape index (κ3) is 10.1. The van der Waals surface area contributed by atoms with Crippen molar-refractivity contribution in [2.45, 2.75) is 19.8 Å². The summed E-state index contributed by atoms with van der Waals surface area (Å²) in [4.78, 5) is 22.7. The van der Waals surface area contributed by atoms with Gasteiger partial charge in [-0.05, 0) is 6.42 Å². The average molecular weight is 482 g/mol. The minimum Gasteiger partial charge on any atom is -0.494 e. The molecule has 12 heteroatoms. The fraction of sp³-hybridized carbons (Fsp3) is 0.364. The monoisotopic (exact) mass is 481 g/mol. The number of carbonyl (C=O) groups is 1. The van der Waals surface area contributed by atoms with Crippen LogP contribution in [0.4, 0.5) is 14.7 Å². The van der Waals surface area contributed by atoms with Gasteiger partial charge in [-0.2, -0.15) is 0 Å². The normalized spacial score (nSPS) is 13.8. The van der Waals surface area contributed by atoms with Crippen LogP contribution < -0.4 is 15.8 Å². The number of ether oxygens (including phenoxy) is 3. The Kier molecular flexibility index (Phi) is 12.4. The molecule has 0 aliphatic rings. The molecule has 186 valence electrons. The SMILES string of the molecule is C=C(F)/C(=C\C(OC)=C(\F)C(C)COc1cnc(NC(C=NCCCC(=O)O)=CN)nc1)OC. The maximum absolute atomic E-state index is 14.7. The number of nitrogens with two attached hydrogens (primary N) is 1. The first-order chi connectivity index (χ1) is 16.2. The molecule has 0 spiro atoms. The number of halogens is 2. The minimum absolute atomic E-state index is 0.0281. The molecule has 0 bridgehead atoms. The van der Waals surface area contributed by atoms with Crippen molar-refractivity contribution in [3.8, 4) is 5.75 Å². The highest BCUT2D eigenvalue weighted by molar-refractivity contribution is 5.82. The lowest BCUT2D eigenvalue weighted by molar-refractivity contribution is -0.137. The van der Waals surface area contributed by atoms with Gasteiger partial charge in [-0.3, -0.25) is 9.79 Å². The third-order valence-corrected chi connectivity index (χ3v) is 4.11. The lowest BCUT2D eigenvalue weighted by Gasteiger charge is -2.14. The van der Waals surface area contributed by atoms with Crippen LogP contribution in [-0.2, 0) is 14.3 Å². The minimum atomic E-state index is -0.883. The third-order valence-electron chi connectivity index (χ3n) is 4.11. The number of rotatable bonds is 15. The number of hydrogen-bond acceptors (Lipinski definition) is 9. The highest BCUT2D eigenvalue weighted by Crippen LogP contribution is 2.23. The zero-order chi connectivity index (χ0) is 25.5. The molecule has 0 radical (unpaired) electrons. The van der Waals surface area contributed by atoms with E-state index in [1.54, 1.807) is 6.92 Å². The van der Waals surface area contributed by atoms with Crippen molar-refractivity contribution in [2.75, 3.05) is 32.7 Å². The van der Waals surface area contributed by atoms with E-state index in [1.807, 2.05) is 0 Å². The molecule has 0 saturated heterocycles. The van der Waals surface area contributed by atoms with Crippen LogP contribution in [-0.4, -0.2) is 54.6 Å². The van der Waals surface area contributed by atoms with E-state index in [2.05, 4.69) is 26.9 Å². The van der Waals surface area contributed by atoms with Gasteiger partial charge in [0.2, 0.25) is 5.95 Å². The predicted octanol–water partition coefficient (Wildman–Crippen LogP) is 3.48. The number of carboxylic acids is 1. The highest BCUT2D eigenvalue weighted by Gasteiger charge is 2.17. The van der Waals surface area contributed by atoms with Crippen LogP contribution in [0.1, 0.15) is 19.8 Å². The fourth-order valence-corrected chi connectivity index (χ4v) is 2.32. The van der Waals surface area contributed by atoms with Crippen LogP contribution in [0.3, 0.4) is 0 Å². The number of carboxylic acid groups (broad SMARTS) is 1. The van der Waals surface area contributed by atoms with Crippen molar-refractivity contribution in [1.29, 1.82) is 0 Å². The van der Waals surface area contributed by atoms with Gasteiger partial charge in [0, 0.05) is 37.4 Å². The average Bonchev–Trinajstić information content (AvgIpc) is 2.82. The fourth-order valence-electron chi connectivity index (χ4n) is 2.32. The number of nitrogens with zero attached hydrogens (tertiary/aromatic N) is 3. The Morgan fingerprint density at radius 2 is 2.00 bits per heavy atom. The molecule has 34 heavy (non-hydrogen) atoms. The van der Waals surface area contributed by atoms with Crippen molar-refractivity contribution in [3.05, 3.63) is 60.1 Å². The van der Waals surface area contributed by atoms with E-state index < -0.39 is 23.5 Å². The molecule has 0 aliphatic heterocycles. The smallest absolute Gasteiger partial charge is 0.303 e. The molecular formula is C22H29F2N5O5. The number of anilines is 1. The zero-order valence-corrected chi connectivity index (χ0v) is 19.3. The van der Waals surface area contributed by atoms with Crippen LogP contribution in [0.5, 0.6) is 5.75 Å². The van der Waals surface area contributed by atoms with Crippen LogP contribution in [0.25, 0.3) is 0 Å². The summed E-state index contributed by atoms with van der Waals surface area (Å²) < 4.78 is 43.3. The molecule has 1 atom stereocenters. The lowest BCUT2D eigenvalue weighted by atomic mass is 10.1. The van der Waals surface area contributed by atoms with E-state index in [9.17, 15) is 13.6 Å². The Balaban J connectivity index is 2.70. The predicted molar refractivity (Wildman–Crippen MR) is 123 cm³/mol. The van der Waals surface area contributed by atoms with Crippen LogP contribution in [0, 0.1) is 5.92 Å². The van der Waals surface area contributed by atoms with Crippen molar-refractivity contribution in [2.24, 2.45) is 16.6 Å². The Hall–Kier alpha value is -3.96. The Morgan fingerprint density at radius 1 is 1.32 bits per heavy atom. The largest absolute Gasteiger partial charge is 0.494 e. The van der Waals surface area contributed by atoms with E-state index in [4.69, 9.17) is 25.1 Å². The second kappa shape index (κ2) is 15.0. The van der Waals surface area contributed by atoms with Crippen LogP contribution in [0.2, 0.25) is 0 Å². The van der Waals surface area contributed by atoms with Gasteiger partial charge in [-0.25, -0.2) is 18.7 Å². The molecule has 4 N–H and O–H groups in total. The molecule has 1 unspecified atom stereocenters. The van der Waals surface area contributed by atoms with Crippen LogP contribution >= 0.6 is 0 Å². The molecule has 1 rings (SSSR count). The quantitative estimate of drug-likeness (QED) is 0.149. The van der Waals surface area contributed by atoms with Gasteiger partial charge in [0.1, 0.15) is 5.83 Å². The second-order valence-corrected chi connectivity index (χ2v) is 6.77. The first-order valence-corrected chi connectivity index (χ1v) is 10.1. The van der Waals surface area contributed by atoms with E-state index in [1.165, 1.54) is 39.0 Å². The summed E-state index contributed by atoms with van der Waals surface area (Å²) in [5, 5.41) is 11.5. The molecule has 1 aromatic heterocycles. The van der Waals surface area contributed by atoms with Gasteiger partial charge in [-0.1, -0.05) is 13.5 Å². The van der Waals surface area contributed by atoms with Crippen molar-refractivity contribution >= 4 is 18.1 Å². The van der Waals surface area contributed by atoms with Crippen molar-refractivity contribution in [1.82, 2.24) is 9.97 Å². The number of aliphatic imine (C=N–C) groups is 1. The summed E-state index contributed by atoms with van der Waals surface area (Å²) in [6.45, 7) is 4.93. The Morgan fingerprint density at radius 3 is 2.53 bits per heavy atom. The number of allylic oxidation sites excluding steroid dienone is 3. The van der Waals surface area contributed by atoms with Gasteiger partial charge in [0.15, 0.2) is 23.1 Å². The first-order valence-electron chi connectivity index (χ1n) is 10.1. The van der Waals surface area contributed by atoms with Crippen molar-refractivity contribution < 1.29 is 32.9 Å². The van der Waals surface area contributed by atoms with Gasteiger partial charge < -0.3 is 30.4 Å². The number of nitrogens with one attached hydrogen (secondary N) is 1. The second-order valence-electron chi connectivity index (χ2n) is 6.77. The van der Waals surface area contributed by atoms with Crippen molar-refractivity contribution in [3.63, 3.8) is 0 Å². The summed E-state index contributed by atoms with van der Waals surface area (Å²) in [6, 6.07) is 0. The standard InChI is InChI=1S/C22H29F2N5O5/c1-14(21(24)19(33-4)8-18(32-3)15(2)23)13-34-17-11-27-22(28-12-17)29-16(9-25)10-26-7-5-6-20(30)31/h8-12,14H,2,5-7,13,25H2,1,3-4H3,(H,30,31)(H,27,28,29)/b16-9?,18-8+,21-19-,26-10?. The maximum Gasteiger partial charge on any atom is 0.303 e. The summed E-state index contributed by atoms with van der Waals surface area (Å²) in [5.74, 6) is -3.12. The first kappa shape index (κ1) is 28.1. The molecule has 1 aromatic rings. The lowest BCUT2D eigenvalue weighted by Crippen LogP contribution is -2.12. The maximum atomic E-state index is 14.7. The Labute approximate surface area is 196 Å². The van der Waals surface area contributed by atoms with Gasteiger partial charge in [0.25, 0.3) is 0 Å². The number of methoxy groups -OCH3 is 2. The molecular weight excluding hydrogens is 452 g/mol. The van der Waals surface area contributed by atoms with E-state index in [0.29, 0.717) is 18.7 Å². The summed E-state index contributed by atoms with van der Waals surface area (Å²) in [7, 11) is 2.48. The number of aliphatic carboxylic acids is 1. The van der Waals surface area contributed by atoms with E-state index in [0.717, 1.165) is 6.08 Å². The molecule has 0 aliphatic carbocycles. The van der Waals surface area contributed by atoms with Crippen LogP contribution in [0.15, 0.2) is 65.1 Å². The topological polar surface area (TPSA) is 141 Å². The Bertz CT molecular complexity index is 946. The summed E-state index contributed by atoms with van der Waals surface area (Å²) in [5.41, 5.74) is 5.95. The summed E-state index contributed by atoms with van der Waals surface area (Å²) >= 11 is 0. The molecule has 10 nitrogen and oxygen atoms in total. The zero-order valence-electron chi connectivity index (χ0n) is 19.3. The highest BCUT2D eigenvalue weighted by atomic mass is 19.1. The van der Waals surface area contributed by atoms with Gasteiger partial charge >= 0.3 is 5.97 Å². The molecule has 1 heterocycles. The van der Waals surface area contributed by atoms with Gasteiger partial charge in [0.05, 0.1) is 38.9 Å². The summed E-state index contributed by atoms with van der Waals surface area (Å²) in [6.07, 6.45) is 6.98. The number of hydrogen-bond donors (Lipinski definition) is 3. The molecule has 0 saturated carbocycles. The molecule has 0 aromatic carbocycles. The molecule has 0 amide bonds. The number of aromatic nitrogens is 2.